The average Bonchev–Trinajstić information content (AvgIpc) is 2.76. The molecular weight excluding hydrogens is 392 g/mol. The van der Waals surface area contributed by atoms with Gasteiger partial charge in [0.05, 0.1) is 18.3 Å². The minimum absolute atomic E-state index is 0.0557. The molecule has 8 nitrogen and oxygen atoms in total. The SMILES string of the molecule is Nc1cccc(Nc2nccc(-c3ccc(NC(=O)CN4CCC(O)CC4)cc3)n2)c1. The van der Waals surface area contributed by atoms with E-state index in [1.807, 2.05) is 54.6 Å². The maximum Gasteiger partial charge on any atom is 0.238 e. The quantitative estimate of drug-likeness (QED) is 0.455. The number of aromatic nitrogens is 2. The molecule has 1 fully saturated rings. The van der Waals surface area contributed by atoms with E-state index in [2.05, 4.69) is 25.5 Å². The van der Waals surface area contributed by atoms with Gasteiger partial charge in [-0.25, -0.2) is 9.97 Å². The van der Waals surface area contributed by atoms with Gasteiger partial charge in [0.1, 0.15) is 0 Å². The zero-order valence-electron chi connectivity index (χ0n) is 17.2. The third-order valence-electron chi connectivity index (χ3n) is 5.19. The number of aliphatic hydroxyl groups is 1. The minimum atomic E-state index is -0.241. The van der Waals surface area contributed by atoms with Gasteiger partial charge in [0, 0.05) is 41.9 Å². The first-order chi connectivity index (χ1) is 15.0. The number of hydrogen-bond donors (Lipinski definition) is 4. The molecule has 3 aromatic rings. The largest absolute Gasteiger partial charge is 0.399 e. The highest BCUT2D eigenvalue weighted by atomic mass is 16.3. The van der Waals surface area contributed by atoms with Crippen LogP contribution in [-0.4, -0.2) is 51.6 Å². The summed E-state index contributed by atoms with van der Waals surface area (Å²) < 4.78 is 0. The number of likely N-dealkylation sites (tertiary alicyclic amines) is 1. The number of carbonyl (C=O) groups is 1. The average molecular weight is 419 g/mol. The number of nitrogen functional groups attached to an aromatic ring is 1. The summed E-state index contributed by atoms with van der Waals surface area (Å²) in [6, 6.07) is 16.8. The third-order valence-corrected chi connectivity index (χ3v) is 5.19. The summed E-state index contributed by atoms with van der Waals surface area (Å²) in [6.45, 7) is 1.82. The molecule has 1 aliphatic heterocycles. The number of nitrogens with one attached hydrogen (secondary N) is 2. The third kappa shape index (κ3) is 5.78. The van der Waals surface area contributed by atoms with E-state index < -0.39 is 0 Å². The predicted molar refractivity (Wildman–Crippen MR) is 122 cm³/mol. The van der Waals surface area contributed by atoms with Crippen molar-refractivity contribution in [2.45, 2.75) is 18.9 Å². The maximum atomic E-state index is 12.3. The van der Waals surface area contributed by atoms with E-state index >= 15 is 0 Å². The number of rotatable bonds is 6. The fourth-order valence-corrected chi connectivity index (χ4v) is 3.53. The van der Waals surface area contributed by atoms with Crippen LogP contribution in [0, 0.1) is 0 Å². The number of hydrogen-bond acceptors (Lipinski definition) is 7. The molecule has 1 aromatic heterocycles. The van der Waals surface area contributed by atoms with Crippen LogP contribution < -0.4 is 16.4 Å². The molecule has 2 aromatic carbocycles. The number of nitrogens with two attached hydrogens (primary N) is 1. The van der Waals surface area contributed by atoms with Crippen molar-refractivity contribution in [2.75, 3.05) is 36.0 Å². The minimum Gasteiger partial charge on any atom is -0.399 e. The summed E-state index contributed by atoms with van der Waals surface area (Å²) in [7, 11) is 0. The van der Waals surface area contributed by atoms with Gasteiger partial charge in [-0.05, 0) is 49.2 Å². The van der Waals surface area contributed by atoms with Crippen molar-refractivity contribution in [3.05, 3.63) is 60.8 Å². The first kappa shape index (κ1) is 20.8. The van der Waals surface area contributed by atoms with Crippen molar-refractivity contribution in [1.29, 1.82) is 0 Å². The normalized spacial score (nSPS) is 14.9. The van der Waals surface area contributed by atoms with Gasteiger partial charge < -0.3 is 21.5 Å². The Morgan fingerprint density at radius 2 is 1.87 bits per heavy atom. The molecule has 0 radical (unpaired) electrons. The molecule has 0 bridgehead atoms. The molecule has 0 spiro atoms. The van der Waals surface area contributed by atoms with Crippen LogP contribution in [0.2, 0.25) is 0 Å². The first-order valence-corrected chi connectivity index (χ1v) is 10.3. The highest BCUT2D eigenvalue weighted by molar-refractivity contribution is 5.92. The van der Waals surface area contributed by atoms with Gasteiger partial charge in [0.2, 0.25) is 11.9 Å². The van der Waals surface area contributed by atoms with Crippen molar-refractivity contribution in [2.24, 2.45) is 0 Å². The van der Waals surface area contributed by atoms with Gasteiger partial charge in [-0.1, -0.05) is 18.2 Å². The van der Waals surface area contributed by atoms with Gasteiger partial charge in [-0.2, -0.15) is 0 Å². The molecule has 31 heavy (non-hydrogen) atoms. The highest BCUT2D eigenvalue weighted by Crippen LogP contribution is 2.22. The molecule has 0 atom stereocenters. The molecule has 8 heteroatoms. The summed E-state index contributed by atoms with van der Waals surface area (Å²) >= 11 is 0. The van der Waals surface area contributed by atoms with Crippen LogP contribution in [0.15, 0.2) is 60.8 Å². The standard InChI is InChI=1S/C23H26N6O2/c24-17-2-1-3-19(14-17)27-23-25-11-8-21(28-23)16-4-6-18(7-5-16)26-22(31)15-29-12-9-20(30)10-13-29/h1-8,11,14,20,30H,9-10,12-13,15,24H2,(H,26,31)(H,25,27,28). The molecule has 1 saturated heterocycles. The van der Waals surface area contributed by atoms with Crippen molar-refractivity contribution in [3.63, 3.8) is 0 Å². The Morgan fingerprint density at radius 1 is 1.10 bits per heavy atom. The number of amides is 1. The van der Waals surface area contributed by atoms with Crippen molar-refractivity contribution in [3.8, 4) is 11.3 Å². The van der Waals surface area contributed by atoms with Crippen molar-refractivity contribution < 1.29 is 9.90 Å². The molecule has 2 heterocycles. The van der Waals surface area contributed by atoms with Gasteiger partial charge in [-0.3, -0.25) is 9.69 Å². The van der Waals surface area contributed by atoms with Gasteiger partial charge in [0.15, 0.2) is 0 Å². The van der Waals surface area contributed by atoms with Crippen LogP contribution in [-0.2, 0) is 4.79 Å². The maximum absolute atomic E-state index is 12.3. The molecule has 0 saturated carbocycles. The fourth-order valence-electron chi connectivity index (χ4n) is 3.53. The number of anilines is 4. The monoisotopic (exact) mass is 418 g/mol. The lowest BCUT2D eigenvalue weighted by Gasteiger charge is -2.28. The second-order valence-corrected chi connectivity index (χ2v) is 7.65. The van der Waals surface area contributed by atoms with Gasteiger partial charge in [0.25, 0.3) is 0 Å². The van der Waals surface area contributed by atoms with E-state index in [0.717, 1.165) is 48.6 Å². The van der Waals surface area contributed by atoms with Gasteiger partial charge in [-0.15, -0.1) is 0 Å². The summed E-state index contributed by atoms with van der Waals surface area (Å²) in [5.41, 5.74) is 9.72. The van der Waals surface area contributed by atoms with E-state index in [9.17, 15) is 9.90 Å². The molecule has 1 amide bonds. The topological polar surface area (TPSA) is 116 Å². The lowest BCUT2D eigenvalue weighted by atomic mass is 10.1. The molecule has 4 rings (SSSR count). The molecular formula is C23H26N6O2. The lowest BCUT2D eigenvalue weighted by molar-refractivity contribution is -0.117. The Balaban J connectivity index is 1.37. The Kier molecular flexibility index (Phi) is 6.40. The van der Waals surface area contributed by atoms with Crippen molar-refractivity contribution >= 4 is 28.9 Å². The van der Waals surface area contributed by atoms with Crippen LogP contribution in [0.25, 0.3) is 11.3 Å². The Labute approximate surface area is 181 Å². The lowest BCUT2D eigenvalue weighted by Crippen LogP contribution is -2.40. The fraction of sp³-hybridized carbons (Fsp3) is 0.261. The number of nitrogens with zero attached hydrogens (tertiary/aromatic N) is 3. The number of aliphatic hydroxyl groups excluding tert-OH is 1. The van der Waals surface area contributed by atoms with Crippen LogP contribution in [0.3, 0.4) is 0 Å². The van der Waals surface area contributed by atoms with Crippen LogP contribution in [0.1, 0.15) is 12.8 Å². The van der Waals surface area contributed by atoms with Crippen molar-refractivity contribution in [1.82, 2.24) is 14.9 Å². The Bertz CT molecular complexity index is 1030. The molecule has 1 aliphatic rings. The molecule has 160 valence electrons. The molecule has 0 aliphatic carbocycles. The van der Waals surface area contributed by atoms with Crippen LogP contribution >= 0.6 is 0 Å². The second kappa shape index (κ2) is 9.55. The van der Waals surface area contributed by atoms with E-state index in [0.29, 0.717) is 18.2 Å². The predicted octanol–water partition coefficient (Wildman–Crippen LogP) is 2.86. The Morgan fingerprint density at radius 3 is 2.61 bits per heavy atom. The Hall–Kier alpha value is -3.49. The number of carbonyl (C=O) groups excluding carboxylic acids is 1. The summed E-state index contributed by atoms with van der Waals surface area (Å²) in [5.74, 6) is 0.423. The zero-order valence-corrected chi connectivity index (χ0v) is 17.2. The first-order valence-electron chi connectivity index (χ1n) is 10.3. The van der Waals surface area contributed by atoms with Crippen LogP contribution in [0.4, 0.5) is 23.0 Å². The number of piperidine rings is 1. The van der Waals surface area contributed by atoms with E-state index in [-0.39, 0.29) is 12.0 Å². The van der Waals surface area contributed by atoms with Crippen LogP contribution in [0.5, 0.6) is 0 Å². The molecule has 0 unspecified atom stereocenters. The summed E-state index contributed by atoms with van der Waals surface area (Å²) in [4.78, 5) is 23.2. The van der Waals surface area contributed by atoms with E-state index in [1.165, 1.54) is 0 Å². The summed E-state index contributed by atoms with van der Waals surface area (Å²) in [6.07, 6.45) is 2.89. The van der Waals surface area contributed by atoms with Gasteiger partial charge >= 0.3 is 0 Å². The summed E-state index contributed by atoms with van der Waals surface area (Å²) in [5, 5.41) is 15.7. The highest BCUT2D eigenvalue weighted by Gasteiger charge is 2.19. The smallest absolute Gasteiger partial charge is 0.238 e. The zero-order chi connectivity index (χ0) is 21.6. The van der Waals surface area contributed by atoms with E-state index in [1.54, 1.807) is 6.20 Å². The number of benzene rings is 2. The second-order valence-electron chi connectivity index (χ2n) is 7.65. The van der Waals surface area contributed by atoms with E-state index in [4.69, 9.17) is 5.73 Å². The molecule has 5 N–H and O–H groups in total.